The van der Waals surface area contributed by atoms with Gasteiger partial charge in [0.1, 0.15) is 0 Å². The molecule has 53 heavy (non-hydrogen) atoms. The zero-order valence-electron chi connectivity index (χ0n) is 33.3. The summed E-state index contributed by atoms with van der Waals surface area (Å²) < 4.78 is 27.3. The van der Waals surface area contributed by atoms with Crippen molar-refractivity contribution in [3.05, 3.63) is 59.2 Å². The quantitative estimate of drug-likeness (QED) is 0.149. The van der Waals surface area contributed by atoms with E-state index >= 15 is 0 Å². The highest BCUT2D eigenvalue weighted by Crippen LogP contribution is 2.43. The first kappa shape index (κ1) is 39.9. The number of nitrogens with zero attached hydrogens (tertiary/aromatic N) is 7. The van der Waals surface area contributed by atoms with Crippen LogP contribution in [-0.4, -0.2) is 69.0 Å². The number of aliphatic imine (C=N–C) groups is 1. The van der Waals surface area contributed by atoms with E-state index in [0.29, 0.717) is 54.0 Å². The molecule has 0 radical (unpaired) electrons. The number of ether oxygens (including phenoxy) is 1. The third-order valence-corrected chi connectivity index (χ3v) is 10.8. The molecule has 3 heterocycles. The number of amides is 2. The molecular weight excluding hydrogens is 689 g/mol. The van der Waals surface area contributed by atoms with Crippen molar-refractivity contribution in [3.8, 4) is 11.5 Å². The van der Waals surface area contributed by atoms with Crippen LogP contribution in [-0.2, 0) is 28.6 Å². The molecule has 2 atom stereocenters. The number of hydrogen-bond donors (Lipinski definition) is 1. The summed E-state index contributed by atoms with van der Waals surface area (Å²) in [5.74, 6) is 2.39. The largest absolute Gasteiger partial charge is 0.490 e. The van der Waals surface area contributed by atoms with Gasteiger partial charge in [0.05, 0.1) is 30.3 Å². The van der Waals surface area contributed by atoms with Crippen LogP contribution in [0.1, 0.15) is 111 Å². The van der Waals surface area contributed by atoms with Gasteiger partial charge in [-0.25, -0.2) is 9.00 Å². The summed E-state index contributed by atoms with van der Waals surface area (Å²) in [5, 5.41) is 16.9. The van der Waals surface area contributed by atoms with E-state index < -0.39 is 16.7 Å². The molecule has 1 spiro atoms. The number of benzene rings is 2. The van der Waals surface area contributed by atoms with Gasteiger partial charge in [0.2, 0.25) is 22.6 Å². The lowest BCUT2D eigenvalue weighted by atomic mass is 9.72. The first-order chi connectivity index (χ1) is 25.1. The average molecular weight is 747 g/mol. The first-order valence-electron chi connectivity index (χ1n) is 19.0. The zero-order valence-corrected chi connectivity index (χ0v) is 34.1. The molecule has 0 aliphatic carbocycles. The van der Waals surface area contributed by atoms with E-state index in [-0.39, 0.29) is 29.2 Å². The van der Waals surface area contributed by atoms with Crippen LogP contribution in [0.4, 0.5) is 16.2 Å². The minimum atomic E-state index is -1.63. The first-order valence-corrected chi connectivity index (χ1v) is 20.2. The number of aryl methyl sites for hydroxylation is 2. The lowest BCUT2D eigenvalue weighted by Crippen LogP contribution is -2.54. The number of carbonyl (C=O) groups excluding carboxylic acids is 1. The smallest absolute Gasteiger partial charge is 0.324 e. The number of aromatic nitrogens is 3. The average Bonchev–Trinajstić information content (AvgIpc) is 3.54. The molecule has 0 saturated heterocycles. The lowest BCUT2D eigenvalue weighted by molar-refractivity contribution is 0.244. The van der Waals surface area contributed by atoms with Crippen LogP contribution in [0.15, 0.2) is 46.5 Å². The molecule has 2 aliphatic heterocycles. The Hall–Kier alpha value is -4.26. The highest BCUT2D eigenvalue weighted by Gasteiger charge is 2.54. The Morgan fingerprint density at radius 1 is 0.981 bits per heavy atom. The molecule has 2 unspecified atom stereocenters. The van der Waals surface area contributed by atoms with Crippen LogP contribution in [0.3, 0.4) is 0 Å². The lowest BCUT2D eigenvalue weighted by Gasteiger charge is -2.36. The van der Waals surface area contributed by atoms with E-state index in [1.165, 1.54) is 0 Å². The monoisotopic (exact) mass is 746 g/mol. The zero-order chi connectivity index (χ0) is 38.6. The molecule has 1 N–H and O–H groups in total. The second-order valence-corrected chi connectivity index (χ2v) is 16.9. The summed E-state index contributed by atoms with van der Waals surface area (Å²) >= 11 is -1.63. The highest BCUT2D eigenvalue weighted by atomic mass is 32.2. The van der Waals surface area contributed by atoms with Gasteiger partial charge < -0.3 is 19.1 Å². The minimum absolute atomic E-state index is 0.116. The molecule has 2 aromatic carbocycles. The fourth-order valence-corrected chi connectivity index (χ4v) is 8.29. The van der Waals surface area contributed by atoms with Crippen LogP contribution < -0.4 is 24.0 Å². The van der Waals surface area contributed by atoms with Crippen molar-refractivity contribution in [2.24, 2.45) is 15.5 Å². The van der Waals surface area contributed by atoms with Crippen molar-refractivity contribution in [3.63, 3.8) is 0 Å². The maximum atomic E-state index is 13.8. The molecule has 0 saturated carbocycles. The van der Waals surface area contributed by atoms with Gasteiger partial charge in [0.25, 0.3) is 0 Å². The Morgan fingerprint density at radius 3 is 2.42 bits per heavy atom. The Bertz CT molecular complexity index is 1860. The van der Waals surface area contributed by atoms with Crippen LogP contribution in [0, 0.1) is 12.3 Å². The van der Waals surface area contributed by atoms with Gasteiger partial charge in [-0.2, -0.15) is 9.78 Å². The van der Waals surface area contributed by atoms with E-state index in [9.17, 15) is 9.00 Å². The van der Waals surface area contributed by atoms with Gasteiger partial charge in [-0.3, -0.25) is 9.89 Å². The Labute approximate surface area is 318 Å². The van der Waals surface area contributed by atoms with Gasteiger partial charge >= 0.3 is 6.03 Å². The van der Waals surface area contributed by atoms with Crippen LogP contribution >= 0.6 is 0 Å². The number of urea groups is 1. The van der Waals surface area contributed by atoms with Crippen molar-refractivity contribution in [2.45, 2.75) is 112 Å². The van der Waals surface area contributed by atoms with Gasteiger partial charge in [-0.15, -0.1) is 10.2 Å². The van der Waals surface area contributed by atoms with Gasteiger partial charge in [0.15, 0.2) is 17.3 Å². The summed E-state index contributed by atoms with van der Waals surface area (Å²) in [7, 11) is 0. The number of unbranched alkanes of at least 4 members (excludes halogenated alkanes) is 1. The van der Waals surface area contributed by atoms with Crippen molar-refractivity contribution >= 4 is 40.4 Å². The third kappa shape index (κ3) is 8.60. The van der Waals surface area contributed by atoms with Crippen molar-refractivity contribution in [1.82, 2.24) is 20.2 Å². The third-order valence-electron chi connectivity index (χ3n) is 9.82. The number of hydrogen-bond acceptors (Lipinski definition) is 9. The fraction of sp³-hybridized carbons (Fsp3) is 0.575. The van der Waals surface area contributed by atoms with E-state index in [1.807, 2.05) is 38.1 Å². The molecular formula is C40H58N8O4S. The van der Waals surface area contributed by atoms with Crippen LogP contribution in [0.25, 0.3) is 0 Å². The summed E-state index contributed by atoms with van der Waals surface area (Å²) in [6.45, 7) is 24.0. The molecule has 2 aliphatic rings. The number of fused-ring (bicyclic) bond motifs is 2. The van der Waals surface area contributed by atoms with Gasteiger partial charge in [0, 0.05) is 31.4 Å². The summed E-state index contributed by atoms with van der Waals surface area (Å²) in [6.07, 6.45) is 5.55. The summed E-state index contributed by atoms with van der Waals surface area (Å²) in [6, 6.07) is 11.8. The molecule has 288 valence electrons. The number of anilines is 2. The summed E-state index contributed by atoms with van der Waals surface area (Å²) in [4.78, 5) is 22.7. The maximum absolute atomic E-state index is 13.8. The van der Waals surface area contributed by atoms with Crippen molar-refractivity contribution in [2.75, 3.05) is 41.8 Å². The normalized spacial score (nSPS) is 17.7. The predicted molar refractivity (Wildman–Crippen MR) is 215 cm³/mol. The number of nitrogens with one attached hydrogen (secondary N) is 1. The molecule has 12 nitrogen and oxygen atoms in total. The summed E-state index contributed by atoms with van der Waals surface area (Å²) in [5.41, 5.74) is 3.15. The molecule has 0 fully saturated rings. The van der Waals surface area contributed by atoms with E-state index in [0.717, 1.165) is 49.2 Å². The number of rotatable bonds is 16. The van der Waals surface area contributed by atoms with Crippen LogP contribution in [0.5, 0.6) is 11.5 Å². The second kappa shape index (κ2) is 16.4. The Morgan fingerprint density at radius 2 is 1.74 bits per heavy atom. The number of carbonyl (C=O) groups is 1. The molecule has 13 heteroatoms. The van der Waals surface area contributed by atoms with Gasteiger partial charge in [-0.1, -0.05) is 54.0 Å². The second-order valence-electron chi connectivity index (χ2n) is 15.8. The molecule has 3 aromatic rings. The highest BCUT2D eigenvalue weighted by molar-refractivity contribution is 7.80. The fourth-order valence-electron chi connectivity index (χ4n) is 7.50. The molecule has 5 rings (SSSR count). The molecule has 1 aromatic heterocycles. The Balaban J connectivity index is 1.35. The van der Waals surface area contributed by atoms with Gasteiger partial charge in [-0.05, 0) is 99.2 Å². The SMILES string of the molecule is CCCCOc1ccc(C(C)(C)CC(C)(C)C)cc1OS(=O)CCCc1nnc2n1N=C(C)C21N=CCNC(=O)N1c1ccc(N(CC)CC)cc1C. The van der Waals surface area contributed by atoms with Crippen molar-refractivity contribution in [1.29, 1.82) is 0 Å². The standard InChI is InChI=1S/C40H58N8O4S/c1-11-14-23-51-33-20-17-30(39(9,10)27-38(6,7)8)26-34(33)52-53(50)24-15-16-35-43-44-36-40(29(5)45-48(35)36)42-22-21-41-37(49)47(40)32-19-18-31(25-28(32)4)46(12-2)13-3/h17-20,22,25-26H,11-16,21,23-24,27H2,1-10H3,(H,41,49). The van der Waals surface area contributed by atoms with E-state index in [4.69, 9.17) is 19.0 Å². The molecule has 2 amide bonds. The van der Waals surface area contributed by atoms with Crippen molar-refractivity contribution < 1.29 is 17.9 Å². The topological polar surface area (TPSA) is 127 Å². The Kier molecular flexibility index (Phi) is 12.4. The van der Waals surface area contributed by atoms with E-state index in [1.54, 1.807) is 15.8 Å². The predicted octanol–water partition coefficient (Wildman–Crippen LogP) is 7.69. The van der Waals surface area contributed by atoms with Crippen LogP contribution in [0.2, 0.25) is 0 Å². The molecule has 0 bridgehead atoms. The minimum Gasteiger partial charge on any atom is -0.490 e. The maximum Gasteiger partial charge on any atom is 0.324 e. The van der Waals surface area contributed by atoms with E-state index in [2.05, 4.69) is 87.9 Å².